The Bertz CT molecular complexity index is 3590. The van der Waals surface area contributed by atoms with E-state index in [1.165, 1.54) is 65.7 Å². The van der Waals surface area contributed by atoms with Crippen LogP contribution in [0.25, 0.3) is 98.8 Å². The Kier molecular flexibility index (Phi) is 8.53. The molecule has 0 bridgehead atoms. The molecule has 0 aliphatic rings. The van der Waals surface area contributed by atoms with Crippen LogP contribution in [0.1, 0.15) is 0 Å². The molecule has 2 heteroatoms. The van der Waals surface area contributed by atoms with Crippen molar-refractivity contribution in [2.45, 2.75) is 0 Å². The minimum absolute atomic E-state index is 0.900. The van der Waals surface area contributed by atoms with Crippen molar-refractivity contribution in [3.63, 3.8) is 0 Å². The third kappa shape index (κ3) is 6.20. The van der Waals surface area contributed by atoms with Gasteiger partial charge < -0.3 is 9.32 Å². The van der Waals surface area contributed by atoms with E-state index in [0.717, 1.165) is 50.1 Å². The molecule has 0 unspecified atom stereocenters. The lowest BCUT2D eigenvalue weighted by atomic mass is 9.94. The van der Waals surface area contributed by atoms with Crippen LogP contribution in [0.3, 0.4) is 0 Å². The predicted molar refractivity (Wildman–Crippen MR) is 263 cm³/mol. The summed E-state index contributed by atoms with van der Waals surface area (Å²) in [5, 5.41) is 9.87. The first kappa shape index (κ1) is 35.7. The molecule has 290 valence electrons. The Labute approximate surface area is 360 Å². The lowest BCUT2D eigenvalue weighted by Gasteiger charge is -2.26. The third-order valence-corrected chi connectivity index (χ3v) is 12.5. The average molecular weight is 790 g/mol. The van der Waals surface area contributed by atoms with Crippen LogP contribution in [0.5, 0.6) is 0 Å². The number of para-hydroxylation sites is 1. The molecular formula is C60H39NO. The second kappa shape index (κ2) is 14.8. The van der Waals surface area contributed by atoms with Gasteiger partial charge in [0.05, 0.1) is 0 Å². The number of fused-ring (bicyclic) bond motifs is 7. The molecule has 12 rings (SSSR count). The van der Waals surface area contributed by atoms with E-state index < -0.39 is 0 Å². The van der Waals surface area contributed by atoms with Crippen LogP contribution in [-0.4, -0.2) is 0 Å². The van der Waals surface area contributed by atoms with Gasteiger partial charge in [0.2, 0.25) is 0 Å². The monoisotopic (exact) mass is 789 g/mol. The Hall–Kier alpha value is -8.20. The molecule has 12 aromatic rings. The summed E-state index contributed by atoms with van der Waals surface area (Å²) in [6.07, 6.45) is 0. The van der Waals surface area contributed by atoms with Crippen molar-refractivity contribution in [3.8, 4) is 44.5 Å². The smallest absolute Gasteiger partial charge is 0.136 e. The molecule has 0 spiro atoms. The molecule has 0 amide bonds. The number of hydrogen-bond acceptors (Lipinski definition) is 2. The number of anilines is 3. The molecule has 0 aliphatic heterocycles. The van der Waals surface area contributed by atoms with Gasteiger partial charge in [0.25, 0.3) is 0 Å². The van der Waals surface area contributed by atoms with Crippen LogP contribution in [0, 0.1) is 0 Å². The van der Waals surface area contributed by atoms with Crippen molar-refractivity contribution in [3.05, 3.63) is 237 Å². The van der Waals surface area contributed by atoms with Crippen molar-refractivity contribution in [2.24, 2.45) is 0 Å². The largest absolute Gasteiger partial charge is 0.456 e. The zero-order chi connectivity index (χ0) is 41.0. The normalized spacial score (nSPS) is 11.5. The molecule has 0 saturated heterocycles. The summed E-state index contributed by atoms with van der Waals surface area (Å²) >= 11 is 0. The first-order valence-corrected chi connectivity index (χ1v) is 21.2. The van der Waals surface area contributed by atoms with Crippen molar-refractivity contribution in [2.75, 3.05) is 4.90 Å². The highest BCUT2D eigenvalue weighted by Gasteiger charge is 2.16. The van der Waals surface area contributed by atoms with Gasteiger partial charge >= 0.3 is 0 Å². The maximum atomic E-state index is 6.25. The highest BCUT2D eigenvalue weighted by atomic mass is 16.3. The maximum Gasteiger partial charge on any atom is 0.136 e. The fourth-order valence-corrected chi connectivity index (χ4v) is 9.36. The molecule has 11 aromatic carbocycles. The van der Waals surface area contributed by atoms with E-state index in [2.05, 4.69) is 229 Å². The fourth-order valence-electron chi connectivity index (χ4n) is 9.36. The number of nitrogens with zero attached hydrogens (tertiary/aromatic N) is 1. The first-order chi connectivity index (χ1) is 30.7. The third-order valence-electron chi connectivity index (χ3n) is 12.5. The molecule has 2 nitrogen and oxygen atoms in total. The van der Waals surface area contributed by atoms with Crippen molar-refractivity contribution in [1.29, 1.82) is 0 Å². The summed E-state index contributed by atoms with van der Waals surface area (Å²) in [7, 11) is 0. The van der Waals surface area contributed by atoms with Crippen molar-refractivity contribution >= 4 is 71.3 Å². The minimum Gasteiger partial charge on any atom is -0.456 e. The van der Waals surface area contributed by atoms with Gasteiger partial charge in [0.15, 0.2) is 0 Å². The average Bonchev–Trinajstić information content (AvgIpc) is 3.72. The summed E-state index contributed by atoms with van der Waals surface area (Å²) in [4.78, 5) is 2.35. The second-order valence-corrected chi connectivity index (χ2v) is 16.1. The van der Waals surface area contributed by atoms with E-state index in [1.54, 1.807) is 0 Å². The highest BCUT2D eigenvalue weighted by Crippen LogP contribution is 2.40. The molecule has 0 fully saturated rings. The SMILES string of the molecule is c1ccc2c(-c3ccc(-c4ccc(N(c5ccc(-c6ccc7c(c6)oc6ccccc67)cc5)c5ccc(-c6cccc7c6ccc6ccccc67)cc5)cc4)cc3)cccc2c1. The van der Waals surface area contributed by atoms with Gasteiger partial charge in [-0.3, -0.25) is 0 Å². The molecule has 1 heterocycles. The van der Waals surface area contributed by atoms with E-state index in [0.29, 0.717) is 0 Å². The molecule has 62 heavy (non-hydrogen) atoms. The van der Waals surface area contributed by atoms with E-state index in [-0.39, 0.29) is 0 Å². The van der Waals surface area contributed by atoms with Gasteiger partial charge in [-0.25, -0.2) is 0 Å². The summed E-state index contributed by atoms with van der Waals surface area (Å²) in [5.74, 6) is 0. The van der Waals surface area contributed by atoms with E-state index in [4.69, 9.17) is 4.42 Å². The zero-order valence-electron chi connectivity index (χ0n) is 33.9. The van der Waals surface area contributed by atoms with Crippen molar-refractivity contribution < 1.29 is 4.42 Å². The van der Waals surface area contributed by atoms with Gasteiger partial charge in [-0.2, -0.15) is 0 Å². The first-order valence-electron chi connectivity index (χ1n) is 21.2. The van der Waals surface area contributed by atoms with Crippen molar-refractivity contribution in [1.82, 2.24) is 0 Å². The Morgan fingerprint density at radius 2 is 0.661 bits per heavy atom. The topological polar surface area (TPSA) is 16.4 Å². The van der Waals surface area contributed by atoms with Crippen LogP contribution < -0.4 is 4.90 Å². The van der Waals surface area contributed by atoms with E-state index in [1.807, 2.05) is 12.1 Å². The maximum absolute atomic E-state index is 6.25. The quantitative estimate of drug-likeness (QED) is 0.150. The van der Waals surface area contributed by atoms with Gasteiger partial charge in [-0.15, -0.1) is 0 Å². The number of rotatable bonds is 7. The second-order valence-electron chi connectivity index (χ2n) is 16.1. The van der Waals surface area contributed by atoms with Gasteiger partial charge in [0, 0.05) is 27.8 Å². The highest BCUT2D eigenvalue weighted by molar-refractivity contribution is 6.12. The lowest BCUT2D eigenvalue weighted by Crippen LogP contribution is -2.09. The molecule has 0 atom stereocenters. The van der Waals surface area contributed by atoms with Gasteiger partial charge in [-0.1, -0.05) is 182 Å². The summed E-state index contributed by atoms with van der Waals surface area (Å²) in [6.45, 7) is 0. The number of hydrogen-bond donors (Lipinski definition) is 0. The molecule has 0 aliphatic carbocycles. The molecular weight excluding hydrogens is 751 g/mol. The fraction of sp³-hybridized carbons (Fsp3) is 0. The van der Waals surface area contributed by atoms with Crippen LogP contribution in [0.2, 0.25) is 0 Å². The van der Waals surface area contributed by atoms with Crippen LogP contribution in [0.4, 0.5) is 17.1 Å². The predicted octanol–water partition coefficient (Wildman–Crippen LogP) is 17.2. The Balaban J connectivity index is 0.901. The van der Waals surface area contributed by atoms with E-state index >= 15 is 0 Å². The summed E-state index contributed by atoms with van der Waals surface area (Å²) in [6, 6.07) is 85.5. The molecule has 0 radical (unpaired) electrons. The Morgan fingerprint density at radius 3 is 1.34 bits per heavy atom. The van der Waals surface area contributed by atoms with Crippen LogP contribution >= 0.6 is 0 Å². The minimum atomic E-state index is 0.900. The van der Waals surface area contributed by atoms with Gasteiger partial charge in [-0.05, 0) is 131 Å². The van der Waals surface area contributed by atoms with Crippen LogP contribution in [-0.2, 0) is 0 Å². The Morgan fingerprint density at radius 1 is 0.242 bits per heavy atom. The molecule has 1 aromatic heterocycles. The summed E-state index contributed by atoms with van der Waals surface area (Å²) in [5.41, 5.74) is 14.6. The molecule has 0 N–H and O–H groups in total. The number of furan rings is 1. The summed E-state index contributed by atoms with van der Waals surface area (Å²) < 4.78 is 6.25. The van der Waals surface area contributed by atoms with Crippen LogP contribution in [0.15, 0.2) is 241 Å². The standard InChI is InChI=1S/C60H39NO/c1-3-12-51-43(9-1)11-7-15-52(51)45-21-19-40(20-22-45)41-23-31-48(32-24-41)61(49-33-25-42(26-34-49)47-30-38-58-57-14-5-6-18-59(57)62-60(58)39-47)50-35-27-46(28-36-50)54-16-8-17-55-53-13-4-2-10-44(53)29-37-56(54)55/h1-39H. The zero-order valence-corrected chi connectivity index (χ0v) is 33.9. The number of benzene rings is 11. The molecule has 0 saturated carbocycles. The lowest BCUT2D eigenvalue weighted by molar-refractivity contribution is 0.669. The van der Waals surface area contributed by atoms with E-state index in [9.17, 15) is 0 Å². The van der Waals surface area contributed by atoms with Gasteiger partial charge in [0.1, 0.15) is 11.2 Å².